The SMILES string of the molecule is NC(=NCCNS(=O)(=O)c1cccc(Cl)c1)N1CCCCC1. The van der Waals surface area contributed by atoms with Crippen molar-refractivity contribution in [2.24, 2.45) is 10.7 Å². The summed E-state index contributed by atoms with van der Waals surface area (Å²) >= 11 is 5.80. The minimum Gasteiger partial charge on any atom is -0.370 e. The van der Waals surface area contributed by atoms with E-state index in [4.69, 9.17) is 17.3 Å². The maximum atomic E-state index is 12.1. The van der Waals surface area contributed by atoms with E-state index in [9.17, 15) is 8.42 Å². The van der Waals surface area contributed by atoms with Gasteiger partial charge in [-0.1, -0.05) is 17.7 Å². The molecule has 6 nitrogen and oxygen atoms in total. The number of likely N-dealkylation sites (tertiary alicyclic amines) is 1. The highest BCUT2D eigenvalue weighted by Crippen LogP contribution is 2.14. The van der Waals surface area contributed by atoms with E-state index >= 15 is 0 Å². The van der Waals surface area contributed by atoms with Crippen molar-refractivity contribution in [3.05, 3.63) is 29.3 Å². The Balaban J connectivity index is 1.85. The molecule has 8 heteroatoms. The van der Waals surface area contributed by atoms with Crippen LogP contribution in [0.1, 0.15) is 19.3 Å². The van der Waals surface area contributed by atoms with Crippen LogP contribution >= 0.6 is 11.6 Å². The summed E-state index contributed by atoms with van der Waals surface area (Å²) in [5, 5.41) is 0.384. The van der Waals surface area contributed by atoms with Crippen molar-refractivity contribution in [1.82, 2.24) is 9.62 Å². The van der Waals surface area contributed by atoms with Crippen LogP contribution in [0.15, 0.2) is 34.2 Å². The summed E-state index contributed by atoms with van der Waals surface area (Å²) in [4.78, 5) is 6.41. The van der Waals surface area contributed by atoms with Crippen molar-refractivity contribution in [1.29, 1.82) is 0 Å². The maximum absolute atomic E-state index is 12.1. The molecule has 1 aliphatic rings. The van der Waals surface area contributed by atoms with E-state index in [0.29, 0.717) is 17.5 Å². The predicted molar refractivity (Wildman–Crippen MR) is 88.6 cm³/mol. The minimum atomic E-state index is -3.56. The van der Waals surface area contributed by atoms with E-state index in [-0.39, 0.29) is 11.4 Å². The first-order valence-electron chi connectivity index (χ1n) is 7.29. The number of hydrogen-bond acceptors (Lipinski definition) is 3. The monoisotopic (exact) mass is 344 g/mol. The standard InChI is InChI=1S/C14H21ClN4O2S/c15-12-5-4-6-13(11-12)22(20,21)18-8-7-17-14(16)19-9-2-1-3-10-19/h4-6,11,18H,1-3,7-10H2,(H2,16,17). The average Bonchev–Trinajstić information content (AvgIpc) is 2.52. The minimum absolute atomic E-state index is 0.146. The number of nitrogens with zero attached hydrogens (tertiary/aromatic N) is 2. The van der Waals surface area contributed by atoms with E-state index in [1.54, 1.807) is 12.1 Å². The summed E-state index contributed by atoms with van der Waals surface area (Å²) in [6.45, 7) is 2.35. The Morgan fingerprint density at radius 1 is 1.32 bits per heavy atom. The Bertz CT molecular complexity index is 627. The first-order chi connectivity index (χ1) is 10.5. The summed E-state index contributed by atoms with van der Waals surface area (Å²) in [5.41, 5.74) is 5.91. The van der Waals surface area contributed by atoms with E-state index in [1.807, 2.05) is 4.90 Å². The molecule has 1 heterocycles. The second-order valence-electron chi connectivity index (χ2n) is 5.14. The van der Waals surface area contributed by atoms with Crippen LogP contribution in [-0.2, 0) is 10.0 Å². The highest BCUT2D eigenvalue weighted by Gasteiger charge is 2.14. The van der Waals surface area contributed by atoms with Gasteiger partial charge >= 0.3 is 0 Å². The van der Waals surface area contributed by atoms with Crippen molar-refractivity contribution in [3.63, 3.8) is 0 Å². The third-order valence-corrected chi connectivity index (χ3v) is 5.16. The quantitative estimate of drug-likeness (QED) is 0.480. The molecule has 1 aromatic carbocycles. The molecule has 0 radical (unpaired) electrons. The average molecular weight is 345 g/mol. The number of rotatable bonds is 5. The number of piperidine rings is 1. The fourth-order valence-corrected chi connectivity index (χ4v) is 3.61. The molecule has 0 aliphatic carbocycles. The van der Waals surface area contributed by atoms with Gasteiger partial charge < -0.3 is 10.6 Å². The predicted octanol–water partition coefficient (Wildman–Crippen LogP) is 1.42. The van der Waals surface area contributed by atoms with Gasteiger partial charge in [-0.2, -0.15) is 0 Å². The summed E-state index contributed by atoms with van der Waals surface area (Å²) in [7, 11) is -3.56. The zero-order chi connectivity index (χ0) is 16.0. The Morgan fingerprint density at radius 2 is 2.05 bits per heavy atom. The molecule has 0 aromatic heterocycles. The lowest BCUT2D eigenvalue weighted by Crippen LogP contribution is -2.41. The van der Waals surface area contributed by atoms with Crippen molar-refractivity contribution < 1.29 is 8.42 Å². The lowest BCUT2D eigenvalue weighted by atomic mass is 10.1. The fraction of sp³-hybridized carbons (Fsp3) is 0.500. The molecule has 0 bridgehead atoms. The Labute approximate surface area is 136 Å². The molecule has 1 saturated heterocycles. The molecule has 122 valence electrons. The van der Waals surface area contributed by atoms with Crippen LogP contribution in [0, 0.1) is 0 Å². The summed E-state index contributed by atoms with van der Waals surface area (Å²) in [6.07, 6.45) is 3.47. The van der Waals surface area contributed by atoms with Crippen molar-refractivity contribution in [2.75, 3.05) is 26.2 Å². The van der Waals surface area contributed by atoms with Crippen LogP contribution in [0.25, 0.3) is 0 Å². The first kappa shape index (κ1) is 17.1. The van der Waals surface area contributed by atoms with E-state index in [1.165, 1.54) is 18.6 Å². The first-order valence-corrected chi connectivity index (χ1v) is 9.15. The zero-order valence-corrected chi connectivity index (χ0v) is 13.9. The highest BCUT2D eigenvalue weighted by atomic mass is 35.5. The van der Waals surface area contributed by atoms with Crippen LogP contribution < -0.4 is 10.5 Å². The number of halogens is 1. The number of hydrogen-bond donors (Lipinski definition) is 2. The number of benzene rings is 1. The molecule has 1 aromatic rings. The topological polar surface area (TPSA) is 87.8 Å². The molecule has 22 heavy (non-hydrogen) atoms. The third-order valence-electron chi connectivity index (χ3n) is 3.46. The largest absolute Gasteiger partial charge is 0.370 e. The van der Waals surface area contributed by atoms with Crippen LogP contribution in [0.3, 0.4) is 0 Å². The van der Waals surface area contributed by atoms with Gasteiger partial charge in [0.15, 0.2) is 5.96 Å². The second-order valence-corrected chi connectivity index (χ2v) is 7.35. The summed E-state index contributed by atoms with van der Waals surface area (Å²) in [5.74, 6) is 0.488. The lowest BCUT2D eigenvalue weighted by molar-refractivity contribution is 0.338. The molecular weight excluding hydrogens is 324 g/mol. The molecule has 0 atom stereocenters. The summed E-state index contributed by atoms with van der Waals surface area (Å²) < 4.78 is 26.6. The molecule has 0 saturated carbocycles. The van der Waals surface area contributed by atoms with Crippen LogP contribution in [0.5, 0.6) is 0 Å². The van der Waals surface area contributed by atoms with Crippen molar-refractivity contribution >= 4 is 27.6 Å². The van der Waals surface area contributed by atoms with Gasteiger partial charge in [-0.3, -0.25) is 4.99 Å². The van der Waals surface area contributed by atoms with Crippen molar-refractivity contribution in [3.8, 4) is 0 Å². The third kappa shape index (κ3) is 4.86. The van der Waals surface area contributed by atoms with Crippen LogP contribution in [0.4, 0.5) is 0 Å². The molecule has 1 fully saturated rings. The van der Waals surface area contributed by atoms with E-state index < -0.39 is 10.0 Å². The van der Waals surface area contributed by atoms with Gasteiger partial charge in [0.05, 0.1) is 11.4 Å². The molecule has 0 spiro atoms. The molecule has 0 amide bonds. The van der Waals surface area contributed by atoms with Gasteiger partial charge in [-0.05, 0) is 37.5 Å². The van der Waals surface area contributed by atoms with Gasteiger partial charge in [-0.25, -0.2) is 13.1 Å². The van der Waals surface area contributed by atoms with Crippen LogP contribution in [-0.4, -0.2) is 45.5 Å². The number of nitrogens with two attached hydrogens (primary N) is 1. The molecular formula is C14H21ClN4O2S. The van der Waals surface area contributed by atoms with Gasteiger partial charge in [0.25, 0.3) is 0 Å². The van der Waals surface area contributed by atoms with E-state index in [2.05, 4.69) is 9.71 Å². The second kappa shape index (κ2) is 7.80. The molecule has 3 N–H and O–H groups in total. The van der Waals surface area contributed by atoms with Gasteiger partial charge in [-0.15, -0.1) is 0 Å². The highest BCUT2D eigenvalue weighted by molar-refractivity contribution is 7.89. The Morgan fingerprint density at radius 3 is 2.73 bits per heavy atom. The smallest absolute Gasteiger partial charge is 0.240 e. The molecule has 0 unspecified atom stereocenters. The molecule has 1 aliphatic heterocycles. The van der Waals surface area contributed by atoms with Crippen molar-refractivity contribution in [2.45, 2.75) is 24.2 Å². The lowest BCUT2D eigenvalue weighted by Gasteiger charge is -2.27. The van der Waals surface area contributed by atoms with Gasteiger partial charge in [0.1, 0.15) is 0 Å². The van der Waals surface area contributed by atoms with Crippen LogP contribution in [0.2, 0.25) is 5.02 Å². The number of aliphatic imine (C=N–C) groups is 1. The Kier molecular flexibility index (Phi) is 6.05. The number of guanidine groups is 1. The van der Waals surface area contributed by atoms with Gasteiger partial charge in [0, 0.05) is 24.7 Å². The van der Waals surface area contributed by atoms with Gasteiger partial charge in [0.2, 0.25) is 10.0 Å². The Hall–Kier alpha value is -1.31. The number of sulfonamides is 1. The van der Waals surface area contributed by atoms with E-state index in [0.717, 1.165) is 25.9 Å². The molecule has 2 rings (SSSR count). The normalized spacial score (nSPS) is 16.8. The number of nitrogens with one attached hydrogen (secondary N) is 1. The maximum Gasteiger partial charge on any atom is 0.240 e. The zero-order valence-electron chi connectivity index (χ0n) is 12.3. The fourth-order valence-electron chi connectivity index (χ4n) is 2.29. The summed E-state index contributed by atoms with van der Waals surface area (Å²) in [6, 6.07) is 6.14.